The standard InChI is InChI=1S/C14H17BrCl2/c1-13(2)12(14(13,3)4)11(15)8-5-6-9(16)10(17)7-8/h5-7,11-12H,1-4H3. The first-order valence-electron chi connectivity index (χ1n) is 5.78. The van der Waals surface area contributed by atoms with Crippen molar-refractivity contribution in [2.24, 2.45) is 16.7 Å². The van der Waals surface area contributed by atoms with Gasteiger partial charge in [0.1, 0.15) is 0 Å². The van der Waals surface area contributed by atoms with Crippen LogP contribution >= 0.6 is 39.1 Å². The lowest BCUT2D eigenvalue weighted by atomic mass is 10.0. The second-order valence-electron chi connectivity index (χ2n) is 6.00. The molecule has 0 amide bonds. The predicted molar refractivity (Wildman–Crippen MR) is 79.2 cm³/mol. The molecule has 1 atom stereocenters. The van der Waals surface area contributed by atoms with E-state index in [0.717, 1.165) is 0 Å². The summed E-state index contributed by atoms with van der Waals surface area (Å²) in [6.07, 6.45) is 0. The Bertz CT molecular complexity index is 438. The van der Waals surface area contributed by atoms with Crippen molar-refractivity contribution in [1.82, 2.24) is 0 Å². The van der Waals surface area contributed by atoms with E-state index in [9.17, 15) is 0 Å². The summed E-state index contributed by atoms with van der Waals surface area (Å²) in [5, 5.41) is 1.24. The van der Waals surface area contributed by atoms with E-state index in [0.29, 0.717) is 31.6 Å². The van der Waals surface area contributed by atoms with Gasteiger partial charge in [-0.25, -0.2) is 0 Å². The fourth-order valence-electron chi connectivity index (χ4n) is 2.86. The van der Waals surface area contributed by atoms with Crippen molar-refractivity contribution in [2.75, 3.05) is 0 Å². The number of hydrogen-bond acceptors (Lipinski definition) is 0. The van der Waals surface area contributed by atoms with Crippen LogP contribution in [0.1, 0.15) is 38.1 Å². The van der Waals surface area contributed by atoms with Gasteiger partial charge >= 0.3 is 0 Å². The van der Waals surface area contributed by atoms with E-state index in [1.54, 1.807) is 0 Å². The van der Waals surface area contributed by atoms with Gasteiger partial charge in [-0.15, -0.1) is 0 Å². The van der Waals surface area contributed by atoms with Gasteiger partial charge < -0.3 is 0 Å². The van der Waals surface area contributed by atoms with Crippen molar-refractivity contribution < 1.29 is 0 Å². The second-order valence-corrected chi connectivity index (χ2v) is 7.80. The molecule has 1 aromatic rings. The fraction of sp³-hybridized carbons (Fsp3) is 0.571. The van der Waals surface area contributed by atoms with Gasteiger partial charge in [0.2, 0.25) is 0 Å². The molecule has 0 aromatic heterocycles. The first-order valence-corrected chi connectivity index (χ1v) is 7.46. The van der Waals surface area contributed by atoms with Crippen LogP contribution in [-0.4, -0.2) is 0 Å². The maximum atomic E-state index is 6.07. The van der Waals surface area contributed by atoms with Crippen LogP contribution in [0.25, 0.3) is 0 Å². The van der Waals surface area contributed by atoms with Gasteiger partial charge in [0.05, 0.1) is 10.0 Å². The lowest BCUT2D eigenvalue weighted by Gasteiger charge is -2.13. The van der Waals surface area contributed by atoms with E-state index < -0.39 is 0 Å². The van der Waals surface area contributed by atoms with Crippen molar-refractivity contribution in [3.63, 3.8) is 0 Å². The van der Waals surface area contributed by atoms with Crippen LogP contribution in [-0.2, 0) is 0 Å². The first kappa shape index (κ1) is 13.7. The Morgan fingerprint density at radius 3 is 2.00 bits per heavy atom. The summed E-state index contributed by atoms with van der Waals surface area (Å²) in [5.41, 5.74) is 1.92. The van der Waals surface area contributed by atoms with Crippen LogP contribution in [0.2, 0.25) is 10.0 Å². The SMILES string of the molecule is CC1(C)C(C(Br)c2ccc(Cl)c(Cl)c2)C1(C)C. The van der Waals surface area contributed by atoms with Crippen LogP contribution in [0, 0.1) is 16.7 Å². The van der Waals surface area contributed by atoms with Gasteiger partial charge in [-0.3, -0.25) is 0 Å². The van der Waals surface area contributed by atoms with E-state index in [1.165, 1.54) is 5.56 Å². The molecule has 0 radical (unpaired) electrons. The Kier molecular flexibility index (Phi) is 3.34. The molecular formula is C14H17BrCl2. The summed E-state index contributed by atoms with van der Waals surface area (Å²) in [4.78, 5) is 0.335. The molecule has 0 nitrogen and oxygen atoms in total. The molecule has 0 aliphatic heterocycles. The van der Waals surface area contributed by atoms with E-state index in [4.69, 9.17) is 23.2 Å². The highest BCUT2D eigenvalue weighted by atomic mass is 79.9. The van der Waals surface area contributed by atoms with Gasteiger partial charge in [0.15, 0.2) is 0 Å². The number of halogens is 3. The van der Waals surface area contributed by atoms with E-state index >= 15 is 0 Å². The zero-order valence-corrected chi connectivity index (χ0v) is 13.6. The Morgan fingerprint density at radius 1 is 1.06 bits per heavy atom. The normalized spacial score (nSPS) is 23.5. The molecule has 0 heterocycles. The highest BCUT2D eigenvalue weighted by molar-refractivity contribution is 9.09. The molecular weight excluding hydrogens is 319 g/mol. The highest BCUT2D eigenvalue weighted by Gasteiger charge is 2.66. The summed E-state index contributed by atoms with van der Waals surface area (Å²) in [6.45, 7) is 9.29. The summed E-state index contributed by atoms with van der Waals surface area (Å²) < 4.78 is 0. The maximum absolute atomic E-state index is 6.07. The maximum Gasteiger partial charge on any atom is 0.0595 e. The average molecular weight is 336 g/mol. The Balaban J connectivity index is 2.28. The van der Waals surface area contributed by atoms with Crippen LogP contribution in [0.15, 0.2) is 18.2 Å². The lowest BCUT2D eigenvalue weighted by Crippen LogP contribution is -1.99. The number of alkyl halides is 1. The zero-order valence-electron chi connectivity index (χ0n) is 10.5. The zero-order chi connectivity index (χ0) is 13.0. The van der Waals surface area contributed by atoms with Crippen LogP contribution in [0.5, 0.6) is 0 Å². The molecule has 1 aliphatic rings. The minimum atomic E-state index is 0.335. The largest absolute Gasteiger partial charge is 0.0835 e. The quantitative estimate of drug-likeness (QED) is 0.572. The van der Waals surface area contributed by atoms with E-state index in [1.807, 2.05) is 12.1 Å². The van der Waals surface area contributed by atoms with Crippen LogP contribution in [0.3, 0.4) is 0 Å². The molecule has 3 heteroatoms. The highest BCUT2D eigenvalue weighted by Crippen LogP contribution is 2.73. The van der Waals surface area contributed by atoms with Crippen molar-refractivity contribution in [1.29, 1.82) is 0 Å². The topological polar surface area (TPSA) is 0 Å². The van der Waals surface area contributed by atoms with Crippen molar-refractivity contribution >= 4 is 39.1 Å². The molecule has 0 N–H and O–H groups in total. The molecule has 1 saturated carbocycles. The van der Waals surface area contributed by atoms with Crippen LogP contribution < -0.4 is 0 Å². The molecule has 17 heavy (non-hydrogen) atoms. The minimum Gasteiger partial charge on any atom is -0.0835 e. The third-order valence-corrected chi connectivity index (χ3v) is 6.48. The second kappa shape index (κ2) is 4.15. The summed E-state index contributed by atoms with van der Waals surface area (Å²) in [7, 11) is 0. The smallest absolute Gasteiger partial charge is 0.0595 e. The van der Waals surface area contributed by atoms with Crippen molar-refractivity contribution in [3.05, 3.63) is 33.8 Å². The first-order chi connectivity index (χ1) is 7.69. The number of rotatable bonds is 2. The third kappa shape index (κ3) is 2.05. The average Bonchev–Trinajstić information content (AvgIpc) is 2.61. The molecule has 2 rings (SSSR count). The minimum absolute atomic E-state index is 0.335. The van der Waals surface area contributed by atoms with Gasteiger partial charge in [0, 0.05) is 4.83 Å². The third-order valence-electron chi connectivity index (χ3n) is 4.69. The number of hydrogen-bond donors (Lipinski definition) is 0. The van der Waals surface area contributed by atoms with E-state index in [2.05, 4.69) is 49.7 Å². The van der Waals surface area contributed by atoms with Crippen molar-refractivity contribution in [3.8, 4) is 0 Å². The Labute approximate surface area is 122 Å². The van der Waals surface area contributed by atoms with Gasteiger partial charge in [-0.2, -0.15) is 0 Å². The molecule has 1 unspecified atom stereocenters. The lowest BCUT2D eigenvalue weighted by molar-refractivity contribution is 0.457. The Hall–Kier alpha value is 0.280. The van der Waals surface area contributed by atoms with Crippen LogP contribution in [0.4, 0.5) is 0 Å². The summed E-state index contributed by atoms with van der Waals surface area (Å²) in [5.74, 6) is 0.618. The molecule has 0 spiro atoms. The van der Waals surface area contributed by atoms with Gasteiger partial charge in [-0.1, -0.05) is 72.9 Å². The van der Waals surface area contributed by atoms with Gasteiger partial charge in [0.25, 0.3) is 0 Å². The molecule has 0 bridgehead atoms. The number of benzene rings is 1. The van der Waals surface area contributed by atoms with Crippen molar-refractivity contribution in [2.45, 2.75) is 32.5 Å². The van der Waals surface area contributed by atoms with E-state index in [-0.39, 0.29) is 0 Å². The summed E-state index contributed by atoms with van der Waals surface area (Å²) in [6, 6.07) is 5.89. The monoisotopic (exact) mass is 334 g/mol. The molecule has 0 saturated heterocycles. The van der Waals surface area contributed by atoms with Gasteiger partial charge in [-0.05, 0) is 34.4 Å². The molecule has 1 aliphatic carbocycles. The fourth-order valence-corrected chi connectivity index (χ4v) is 4.77. The predicted octanol–water partition coefficient (Wildman–Crippen LogP) is 6.11. The molecule has 1 fully saturated rings. The Morgan fingerprint density at radius 2 is 1.59 bits per heavy atom. The summed E-state index contributed by atoms with van der Waals surface area (Å²) >= 11 is 15.8. The molecule has 1 aromatic carbocycles. The molecule has 94 valence electrons.